The van der Waals surface area contributed by atoms with Gasteiger partial charge in [-0.3, -0.25) is 4.79 Å². The molecule has 1 aliphatic heterocycles. The number of carbonyl (C=O) groups excluding carboxylic acids is 1. The van der Waals surface area contributed by atoms with Gasteiger partial charge in [0.25, 0.3) is 0 Å². The van der Waals surface area contributed by atoms with E-state index in [1.807, 2.05) is 30.1 Å². The summed E-state index contributed by atoms with van der Waals surface area (Å²) in [5, 5.41) is 3.27. The Morgan fingerprint density at radius 1 is 1.19 bits per heavy atom. The van der Waals surface area contributed by atoms with E-state index in [1.54, 1.807) is 21.1 Å². The van der Waals surface area contributed by atoms with E-state index in [-0.39, 0.29) is 11.9 Å². The van der Waals surface area contributed by atoms with Crippen molar-refractivity contribution < 1.29 is 14.3 Å². The van der Waals surface area contributed by atoms with E-state index < -0.39 is 0 Å². The molecule has 5 heteroatoms. The molecule has 0 saturated carbocycles. The molecule has 0 spiro atoms. The largest absolute Gasteiger partial charge is 0.493 e. The summed E-state index contributed by atoms with van der Waals surface area (Å²) in [5.41, 5.74) is 5.38. The minimum atomic E-state index is 0.0839. The fourth-order valence-electron chi connectivity index (χ4n) is 3.51. The van der Waals surface area contributed by atoms with Crippen LogP contribution < -0.4 is 19.7 Å². The number of amides is 1. The predicted molar refractivity (Wildman–Crippen MR) is 104 cm³/mol. The van der Waals surface area contributed by atoms with Crippen molar-refractivity contribution in [3.8, 4) is 22.6 Å². The van der Waals surface area contributed by atoms with E-state index in [1.165, 1.54) is 5.56 Å². The number of anilines is 1. The standard InChI is InChI=1S/C21H26N2O3/c1-13(22-3)17-11-18(21(26-5)20(12-17)25-4)15-6-7-19-16(10-15)8-9-23(19)14(2)24/h6-7,10-13,22H,8-9H2,1-5H3. The Morgan fingerprint density at radius 3 is 2.58 bits per heavy atom. The van der Waals surface area contributed by atoms with E-state index in [0.29, 0.717) is 5.75 Å². The molecule has 5 nitrogen and oxygen atoms in total. The minimum Gasteiger partial charge on any atom is -0.493 e. The van der Waals surface area contributed by atoms with Crippen LogP contribution in [-0.4, -0.2) is 33.7 Å². The minimum absolute atomic E-state index is 0.0839. The molecule has 1 aliphatic rings. The first kappa shape index (κ1) is 18.3. The molecular formula is C21H26N2O3. The maximum absolute atomic E-state index is 11.8. The second-order valence-corrected chi connectivity index (χ2v) is 6.58. The fraction of sp³-hybridized carbons (Fsp3) is 0.381. The number of ether oxygens (including phenoxy) is 2. The van der Waals surface area contributed by atoms with Crippen molar-refractivity contribution in [3.63, 3.8) is 0 Å². The van der Waals surface area contributed by atoms with Gasteiger partial charge in [0, 0.05) is 30.8 Å². The molecule has 0 bridgehead atoms. The summed E-state index contributed by atoms with van der Waals surface area (Å²) in [4.78, 5) is 13.6. The van der Waals surface area contributed by atoms with Crippen molar-refractivity contribution in [1.29, 1.82) is 0 Å². The number of fused-ring (bicyclic) bond motifs is 1. The van der Waals surface area contributed by atoms with Gasteiger partial charge in [0.1, 0.15) is 0 Å². The number of methoxy groups -OCH3 is 2. The topological polar surface area (TPSA) is 50.8 Å². The van der Waals surface area contributed by atoms with Gasteiger partial charge in [-0.1, -0.05) is 6.07 Å². The lowest BCUT2D eigenvalue weighted by Gasteiger charge is -2.19. The number of carbonyl (C=O) groups is 1. The van der Waals surface area contributed by atoms with E-state index >= 15 is 0 Å². The fourth-order valence-corrected chi connectivity index (χ4v) is 3.51. The lowest BCUT2D eigenvalue weighted by Crippen LogP contribution is -2.25. The number of benzene rings is 2. The van der Waals surface area contributed by atoms with Crippen LogP contribution in [0.2, 0.25) is 0 Å². The van der Waals surface area contributed by atoms with E-state index in [0.717, 1.165) is 41.1 Å². The highest BCUT2D eigenvalue weighted by atomic mass is 16.5. The molecule has 1 unspecified atom stereocenters. The lowest BCUT2D eigenvalue weighted by molar-refractivity contribution is -0.116. The molecule has 1 heterocycles. The van der Waals surface area contributed by atoms with Gasteiger partial charge in [0.2, 0.25) is 5.91 Å². The van der Waals surface area contributed by atoms with E-state index in [9.17, 15) is 4.79 Å². The Bertz CT molecular complexity index is 832. The average Bonchev–Trinajstić information content (AvgIpc) is 3.09. The molecule has 0 saturated heterocycles. The molecule has 0 fully saturated rings. The maximum Gasteiger partial charge on any atom is 0.223 e. The second kappa shape index (κ2) is 7.38. The van der Waals surface area contributed by atoms with Gasteiger partial charge >= 0.3 is 0 Å². The first-order valence-electron chi connectivity index (χ1n) is 8.84. The normalized spacial score (nSPS) is 14.1. The van der Waals surface area contributed by atoms with Crippen molar-refractivity contribution in [2.75, 3.05) is 32.7 Å². The maximum atomic E-state index is 11.8. The third-order valence-electron chi connectivity index (χ3n) is 5.10. The van der Waals surface area contributed by atoms with Crippen LogP contribution in [0.5, 0.6) is 11.5 Å². The van der Waals surface area contributed by atoms with Crippen LogP contribution in [0.15, 0.2) is 30.3 Å². The van der Waals surface area contributed by atoms with Gasteiger partial charge in [-0.05, 0) is 61.3 Å². The van der Waals surface area contributed by atoms with Crippen LogP contribution in [0.25, 0.3) is 11.1 Å². The van der Waals surface area contributed by atoms with Crippen molar-refractivity contribution in [2.24, 2.45) is 0 Å². The third-order valence-corrected chi connectivity index (χ3v) is 5.10. The summed E-state index contributed by atoms with van der Waals surface area (Å²) in [7, 11) is 5.25. The van der Waals surface area contributed by atoms with Gasteiger partial charge in [0.05, 0.1) is 14.2 Å². The average molecular weight is 354 g/mol. The Labute approximate surface area is 154 Å². The molecule has 1 amide bonds. The third kappa shape index (κ3) is 3.15. The van der Waals surface area contributed by atoms with Gasteiger partial charge in [0.15, 0.2) is 11.5 Å². The molecule has 1 N–H and O–H groups in total. The summed E-state index contributed by atoms with van der Waals surface area (Å²) in [5.74, 6) is 1.52. The summed E-state index contributed by atoms with van der Waals surface area (Å²) in [6, 6.07) is 10.6. The van der Waals surface area contributed by atoms with Crippen LogP contribution in [0, 0.1) is 0 Å². The smallest absolute Gasteiger partial charge is 0.223 e. The predicted octanol–water partition coefficient (Wildman–Crippen LogP) is 3.56. The molecule has 1 atom stereocenters. The second-order valence-electron chi connectivity index (χ2n) is 6.58. The summed E-state index contributed by atoms with van der Waals surface area (Å²) < 4.78 is 11.2. The summed E-state index contributed by atoms with van der Waals surface area (Å²) >= 11 is 0. The van der Waals surface area contributed by atoms with E-state index in [2.05, 4.69) is 24.4 Å². The van der Waals surface area contributed by atoms with Crippen LogP contribution in [-0.2, 0) is 11.2 Å². The Morgan fingerprint density at radius 2 is 1.96 bits per heavy atom. The van der Waals surface area contributed by atoms with Crippen LogP contribution in [0.1, 0.15) is 31.0 Å². The zero-order chi connectivity index (χ0) is 18.8. The van der Waals surface area contributed by atoms with Crippen molar-refractivity contribution in [3.05, 3.63) is 41.5 Å². The van der Waals surface area contributed by atoms with Crippen molar-refractivity contribution >= 4 is 11.6 Å². The van der Waals surface area contributed by atoms with Crippen LogP contribution >= 0.6 is 0 Å². The Kier molecular flexibility index (Phi) is 5.18. The van der Waals surface area contributed by atoms with Crippen molar-refractivity contribution in [2.45, 2.75) is 26.3 Å². The number of nitrogens with one attached hydrogen (secondary N) is 1. The zero-order valence-corrected chi connectivity index (χ0v) is 16.1. The summed E-state index contributed by atoms with van der Waals surface area (Å²) in [6.07, 6.45) is 0.870. The molecule has 138 valence electrons. The van der Waals surface area contributed by atoms with Gasteiger partial charge in [-0.2, -0.15) is 0 Å². The molecular weight excluding hydrogens is 328 g/mol. The number of nitrogens with zero attached hydrogens (tertiary/aromatic N) is 1. The quantitative estimate of drug-likeness (QED) is 0.892. The first-order valence-corrected chi connectivity index (χ1v) is 8.84. The zero-order valence-electron chi connectivity index (χ0n) is 16.1. The first-order chi connectivity index (χ1) is 12.5. The SMILES string of the molecule is CNC(C)c1cc(OC)c(OC)c(-c2ccc3c(c2)CCN3C(C)=O)c1. The highest BCUT2D eigenvalue weighted by molar-refractivity contribution is 5.94. The number of hydrogen-bond acceptors (Lipinski definition) is 4. The summed E-state index contributed by atoms with van der Waals surface area (Å²) in [6.45, 7) is 4.46. The molecule has 0 radical (unpaired) electrons. The van der Waals surface area contributed by atoms with Crippen LogP contribution in [0.3, 0.4) is 0 Å². The van der Waals surface area contributed by atoms with Gasteiger partial charge < -0.3 is 19.7 Å². The molecule has 0 aromatic heterocycles. The number of hydrogen-bond donors (Lipinski definition) is 1. The number of rotatable bonds is 5. The highest BCUT2D eigenvalue weighted by Crippen LogP contribution is 2.42. The van der Waals surface area contributed by atoms with Gasteiger partial charge in [-0.15, -0.1) is 0 Å². The molecule has 3 rings (SSSR count). The molecule has 26 heavy (non-hydrogen) atoms. The van der Waals surface area contributed by atoms with Gasteiger partial charge in [-0.25, -0.2) is 0 Å². The molecule has 2 aromatic carbocycles. The van der Waals surface area contributed by atoms with E-state index in [4.69, 9.17) is 9.47 Å². The Balaban J connectivity index is 2.13. The Hall–Kier alpha value is -2.53. The van der Waals surface area contributed by atoms with Crippen LogP contribution in [0.4, 0.5) is 5.69 Å². The monoisotopic (exact) mass is 354 g/mol. The lowest BCUT2D eigenvalue weighted by atomic mass is 9.96. The highest BCUT2D eigenvalue weighted by Gasteiger charge is 2.23. The molecule has 0 aliphatic carbocycles. The molecule has 2 aromatic rings. The van der Waals surface area contributed by atoms with Crippen molar-refractivity contribution in [1.82, 2.24) is 5.32 Å².